The van der Waals surface area contributed by atoms with Crippen LogP contribution in [0.4, 0.5) is 8.78 Å². The van der Waals surface area contributed by atoms with Gasteiger partial charge in [-0.2, -0.15) is 0 Å². The number of nitrogens with zero attached hydrogens (tertiary/aromatic N) is 2. The van der Waals surface area contributed by atoms with Gasteiger partial charge in [0, 0.05) is 38.7 Å². The highest BCUT2D eigenvalue weighted by Crippen LogP contribution is 2.22. The minimum absolute atomic E-state index is 0.0133. The van der Waals surface area contributed by atoms with Crippen LogP contribution in [0.5, 0.6) is 5.75 Å². The standard InChI is InChI=1S/C32H36F2N4O5/c1-42-19-23-7-6-12-38(23)32(41)27-11-5-10-26(36-27)31(40)37-29(15-20-13-21(33)16-22(34)14-20)30(39)28-17-25(18-35-28)43-24-8-3-2-4-9-24/h2-5,8-11,13-14,16,23,25,28-30,35,39H,6-7,12,15,17-19H2,1H3,(H,37,40)/t23?,25-,28-,29+,30-/m1/s1. The van der Waals surface area contributed by atoms with Gasteiger partial charge in [-0.25, -0.2) is 13.8 Å². The van der Waals surface area contributed by atoms with Crippen LogP contribution in [0.25, 0.3) is 0 Å². The molecule has 0 aliphatic carbocycles. The molecule has 2 saturated heterocycles. The second kappa shape index (κ2) is 14.0. The van der Waals surface area contributed by atoms with Gasteiger partial charge in [-0.1, -0.05) is 24.3 Å². The first kappa shape index (κ1) is 30.5. The van der Waals surface area contributed by atoms with Crippen LogP contribution in [0.15, 0.2) is 66.7 Å². The Balaban J connectivity index is 1.32. The lowest BCUT2D eigenvalue weighted by Crippen LogP contribution is -2.52. The molecule has 2 aromatic carbocycles. The number of nitrogens with one attached hydrogen (secondary N) is 2. The summed E-state index contributed by atoms with van der Waals surface area (Å²) in [4.78, 5) is 32.7. The molecule has 2 aliphatic heterocycles. The molecule has 5 atom stereocenters. The average Bonchev–Trinajstić information content (AvgIpc) is 3.66. The van der Waals surface area contributed by atoms with E-state index in [1.807, 2.05) is 30.3 Å². The van der Waals surface area contributed by atoms with Gasteiger partial charge in [-0.15, -0.1) is 0 Å². The Kier molecular flexibility index (Phi) is 9.96. The van der Waals surface area contributed by atoms with Gasteiger partial charge >= 0.3 is 0 Å². The Labute approximate surface area is 249 Å². The van der Waals surface area contributed by atoms with Gasteiger partial charge in [0.25, 0.3) is 11.8 Å². The van der Waals surface area contributed by atoms with E-state index in [0.717, 1.165) is 18.9 Å². The van der Waals surface area contributed by atoms with Gasteiger partial charge in [0.2, 0.25) is 0 Å². The zero-order chi connectivity index (χ0) is 30.3. The maximum Gasteiger partial charge on any atom is 0.272 e. The first-order valence-corrected chi connectivity index (χ1v) is 14.5. The lowest BCUT2D eigenvalue weighted by molar-refractivity contribution is 0.0624. The molecule has 3 heterocycles. The number of pyridine rings is 1. The Bertz CT molecular complexity index is 1390. The summed E-state index contributed by atoms with van der Waals surface area (Å²) in [6.45, 7) is 1.46. The average molecular weight is 595 g/mol. The molecule has 2 fully saturated rings. The van der Waals surface area contributed by atoms with Crippen molar-refractivity contribution in [1.29, 1.82) is 0 Å². The van der Waals surface area contributed by atoms with Crippen molar-refractivity contribution in [1.82, 2.24) is 20.5 Å². The molecule has 0 bridgehead atoms. The Morgan fingerprint density at radius 1 is 1.09 bits per heavy atom. The smallest absolute Gasteiger partial charge is 0.272 e. The van der Waals surface area contributed by atoms with Gasteiger partial charge in [0.05, 0.1) is 24.8 Å². The Morgan fingerprint density at radius 2 is 1.84 bits per heavy atom. The van der Waals surface area contributed by atoms with Crippen LogP contribution in [0.1, 0.15) is 45.8 Å². The number of carbonyl (C=O) groups is 2. The van der Waals surface area contributed by atoms with Crippen LogP contribution in [-0.4, -0.2) is 83.9 Å². The Hall–Kier alpha value is -3.93. The number of aliphatic hydroxyl groups excluding tert-OH is 1. The van der Waals surface area contributed by atoms with E-state index in [1.165, 1.54) is 18.2 Å². The van der Waals surface area contributed by atoms with Crippen LogP contribution >= 0.6 is 0 Å². The van der Waals surface area contributed by atoms with Gasteiger partial charge in [-0.3, -0.25) is 9.59 Å². The molecule has 3 aromatic rings. The van der Waals surface area contributed by atoms with Crippen molar-refractivity contribution >= 4 is 11.8 Å². The molecule has 5 rings (SSSR count). The molecule has 0 radical (unpaired) electrons. The summed E-state index contributed by atoms with van der Waals surface area (Å²) in [6.07, 6.45) is 0.722. The van der Waals surface area contributed by atoms with Crippen molar-refractivity contribution in [3.8, 4) is 5.75 Å². The number of likely N-dealkylation sites (tertiary alicyclic amines) is 1. The topological polar surface area (TPSA) is 113 Å². The first-order valence-electron chi connectivity index (χ1n) is 14.5. The van der Waals surface area contributed by atoms with Gasteiger partial charge in [0.15, 0.2) is 0 Å². The number of hydrogen-bond acceptors (Lipinski definition) is 7. The number of aromatic nitrogens is 1. The predicted octanol–water partition coefficient (Wildman–Crippen LogP) is 3.12. The third kappa shape index (κ3) is 7.73. The predicted molar refractivity (Wildman–Crippen MR) is 155 cm³/mol. The summed E-state index contributed by atoms with van der Waals surface area (Å²) in [5, 5.41) is 17.5. The van der Waals surface area contributed by atoms with E-state index in [0.29, 0.717) is 31.9 Å². The minimum Gasteiger partial charge on any atom is -0.489 e. The normalized spacial score (nSPS) is 21.4. The highest BCUT2D eigenvalue weighted by atomic mass is 19.1. The lowest BCUT2D eigenvalue weighted by atomic mass is 9.94. The van der Waals surface area contributed by atoms with Crippen molar-refractivity contribution in [2.75, 3.05) is 26.8 Å². The van der Waals surface area contributed by atoms with Gasteiger partial charge in [0.1, 0.15) is 34.9 Å². The molecule has 11 heteroatoms. The van der Waals surface area contributed by atoms with E-state index in [-0.39, 0.29) is 41.4 Å². The van der Waals surface area contributed by atoms with Crippen LogP contribution < -0.4 is 15.4 Å². The van der Waals surface area contributed by atoms with E-state index in [2.05, 4.69) is 15.6 Å². The van der Waals surface area contributed by atoms with Crippen LogP contribution in [0.2, 0.25) is 0 Å². The molecule has 0 saturated carbocycles. The summed E-state index contributed by atoms with van der Waals surface area (Å²) in [6, 6.07) is 15.6. The third-order valence-electron chi connectivity index (χ3n) is 7.89. The third-order valence-corrected chi connectivity index (χ3v) is 7.89. The largest absolute Gasteiger partial charge is 0.489 e. The number of ether oxygens (including phenoxy) is 2. The number of rotatable bonds is 11. The van der Waals surface area contributed by atoms with Crippen molar-refractivity contribution < 1.29 is 33.0 Å². The van der Waals surface area contributed by atoms with Crippen LogP contribution in [-0.2, 0) is 11.2 Å². The molecule has 43 heavy (non-hydrogen) atoms. The van der Waals surface area contributed by atoms with Gasteiger partial charge < -0.3 is 30.1 Å². The van der Waals surface area contributed by atoms with Crippen molar-refractivity contribution in [3.63, 3.8) is 0 Å². The summed E-state index contributed by atoms with van der Waals surface area (Å²) >= 11 is 0. The van der Waals surface area contributed by atoms with E-state index >= 15 is 0 Å². The highest BCUT2D eigenvalue weighted by molar-refractivity contribution is 5.96. The van der Waals surface area contributed by atoms with E-state index in [9.17, 15) is 23.5 Å². The summed E-state index contributed by atoms with van der Waals surface area (Å²) in [5.41, 5.74) is 0.381. The quantitative estimate of drug-likeness (QED) is 0.313. The molecular formula is C32H36F2N4O5. The second-order valence-electron chi connectivity index (χ2n) is 11.0. The second-order valence-corrected chi connectivity index (χ2v) is 11.0. The van der Waals surface area contributed by atoms with E-state index in [4.69, 9.17) is 9.47 Å². The Morgan fingerprint density at radius 3 is 2.58 bits per heavy atom. The van der Waals surface area contributed by atoms with Crippen LogP contribution in [0, 0.1) is 11.6 Å². The lowest BCUT2D eigenvalue weighted by Gasteiger charge is -2.29. The monoisotopic (exact) mass is 594 g/mol. The van der Waals surface area contributed by atoms with Crippen molar-refractivity contribution in [2.24, 2.45) is 0 Å². The SMILES string of the molecule is COCC1CCCN1C(=O)c1cccc(C(=O)N[C@@H](Cc2cc(F)cc(F)c2)[C@H](O)[C@H]2C[C@@H](Oc3ccccc3)CN2)n1. The molecule has 1 unspecified atom stereocenters. The zero-order valence-electron chi connectivity index (χ0n) is 23.9. The maximum atomic E-state index is 14.0. The van der Waals surface area contributed by atoms with Crippen molar-refractivity contribution in [3.05, 3.63) is 95.3 Å². The van der Waals surface area contributed by atoms with E-state index < -0.39 is 35.7 Å². The van der Waals surface area contributed by atoms with E-state index in [1.54, 1.807) is 24.1 Å². The zero-order valence-corrected chi connectivity index (χ0v) is 23.9. The molecular weight excluding hydrogens is 558 g/mol. The number of amides is 2. The first-order chi connectivity index (χ1) is 20.8. The molecule has 2 aliphatic rings. The number of para-hydroxylation sites is 1. The van der Waals surface area contributed by atoms with Crippen LogP contribution in [0.3, 0.4) is 0 Å². The number of methoxy groups -OCH3 is 1. The number of hydrogen-bond donors (Lipinski definition) is 3. The number of carbonyl (C=O) groups excluding carboxylic acids is 2. The summed E-state index contributed by atoms with van der Waals surface area (Å²) in [5.74, 6) is -1.73. The fraction of sp³-hybridized carbons (Fsp3) is 0.406. The number of halogens is 2. The molecule has 228 valence electrons. The fourth-order valence-electron chi connectivity index (χ4n) is 5.83. The van der Waals surface area contributed by atoms with Gasteiger partial charge in [-0.05, 0) is 61.2 Å². The molecule has 1 aromatic heterocycles. The number of benzene rings is 2. The van der Waals surface area contributed by atoms with Crippen molar-refractivity contribution in [2.45, 2.75) is 56.0 Å². The number of aliphatic hydroxyl groups is 1. The maximum absolute atomic E-state index is 14.0. The molecule has 9 nitrogen and oxygen atoms in total. The minimum atomic E-state index is -1.14. The fourth-order valence-corrected chi connectivity index (χ4v) is 5.83. The highest BCUT2D eigenvalue weighted by Gasteiger charge is 2.36. The molecule has 0 spiro atoms. The summed E-state index contributed by atoms with van der Waals surface area (Å²) in [7, 11) is 1.59. The molecule has 3 N–H and O–H groups in total. The summed E-state index contributed by atoms with van der Waals surface area (Å²) < 4.78 is 39.3. The molecule has 2 amide bonds.